The van der Waals surface area contributed by atoms with Gasteiger partial charge in [-0.25, -0.2) is 0 Å². The van der Waals surface area contributed by atoms with Crippen LogP contribution in [0.25, 0.3) is 0 Å². The third-order valence-corrected chi connectivity index (χ3v) is 11.9. The summed E-state index contributed by atoms with van der Waals surface area (Å²) in [7, 11) is -6.71. The highest BCUT2D eigenvalue weighted by molar-refractivity contribution is 7.81. The fourth-order valence-electron chi connectivity index (χ4n) is 6.36. The molecule has 16 heteroatoms. The summed E-state index contributed by atoms with van der Waals surface area (Å²) in [6, 6.07) is 37.0. The second kappa shape index (κ2) is 32.6. The molecule has 0 aliphatic heterocycles. The summed E-state index contributed by atoms with van der Waals surface area (Å²) in [5.41, 5.74) is 5.74. The average molecular weight is 1030 g/mol. The van der Waals surface area contributed by atoms with E-state index in [1.807, 2.05) is 52.0 Å². The van der Waals surface area contributed by atoms with Crippen LogP contribution >= 0.6 is 15.4 Å². The first-order valence-electron chi connectivity index (χ1n) is 22.6. The van der Waals surface area contributed by atoms with Crippen molar-refractivity contribution < 1.29 is 68.0 Å². The normalized spacial score (nSPS) is 11.3. The Morgan fingerprint density at radius 3 is 1.40 bits per heavy atom. The maximum atomic E-state index is 12.4. The van der Waals surface area contributed by atoms with Crippen molar-refractivity contribution >= 4 is 49.9 Å². The number of aryl methyl sites for hydroxylation is 6. The van der Waals surface area contributed by atoms with Gasteiger partial charge in [0.2, 0.25) is 5.52 Å². The Labute approximate surface area is 424 Å². The molecule has 0 bridgehead atoms. The van der Waals surface area contributed by atoms with Gasteiger partial charge in [0.1, 0.15) is 44.0 Å². The lowest BCUT2D eigenvalue weighted by molar-refractivity contribution is -0.168. The SMILES string of the molecule is CC(C)(O)C(=O)c1ccc(OCCO)cc1.CC(C)O.Cc1cc(C)c(C(=O)P(=O)([O-])c2ccccc2)c(C)c1.Cc1cc(C)c(C=O)c(C)c1.O=Cc1ccc(OCCO)cc1.O=[P+]([O-])c1ccccc1. The van der Waals surface area contributed by atoms with Crippen molar-refractivity contribution in [3.63, 3.8) is 0 Å². The van der Waals surface area contributed by atoms with Gasteiger partial charge in [-0.05, 0) is 152 Å². The smallest absolute Gasteiger partial charge is 0.348 e. The Balaban J connectivity index is 0.000000452. The summed E-state index contributed by atoms with van der Waals surface area (Å²) in [4.78, 5) is 67.6. The molecule has 14 nitrogen and oxygen atoms in total. The number of benzene rings is 6. The van der Waals surface area contributed by atoms with E-state index in [0.717, 1.165) is 34.8 Å². The molecule has 0 heterocycles. The predicted molar refractivity (Wildman–Crippen MR) is 280 cm³/mol. The van der Waals surface area contributed by atoms with Gasteiger partial charge in [0.15, 0.2) is 17.4 Å². The van der Waals surface area contributed by atoms with Crippen molar-refractivity contribution in [2.75, 3.05) is 26.4 Å². The zero-order chi connectivity index (χ0) is 54.6. The summed E-state index contributed by atoms with van der Waals surface area (Å²) in [5, 5.41) is 35.0. The van der Waals surface area contributed by atoms with Crippen molar-refractivity contribution in [2.45, 2.75) is 80.9 Å². The van der Waals surface area contributed by atoms with E-state index in [2.05, 4.69) is 0 Å². The number of ketones is 1. The van der Waals surface area contributed by atoms with Crippen molar-refractivity contribution in [1.82, 2.24) is 0 Å². The lowest BCUT2D eigenvalue weighted by Gasteiger charge is -2.24. The van der Waals surface area contributed by atoms with E-state index in [1.54, 1.807) is 125 Å². The fourth-order valence-corrected chi connectivity index (χ4v) is 8.22. The molecular formula is C56H67O14P2-. The van der Waals surface area contributed by atoms with Crippen LogP contribution in [0.4, 0.5) is 0 Å². The standard InChI is InChI=1S/C16H17O3P.C12H16O4.C10H12O.C9H10O3.C6H5O2P.C3H8O/c1-11-9-12(2)15(13(3)10-11)16(17)20(18,19)14-7-5-4-6-8-14;1-12(2,15)11(14)9-3-5-10(6-4-9)16-8-7-13;1-7-4-8(2)10(6-11)9(3)5-7;10-5-6-12-9-3-1-8(7-11)2-4-9;7-9(8)6-4-2-1-3-5-6;1-3(2)4/h4-10H,1-3H3,(H,18,19);3-6,13,15H,7-8H2,1-2H3;4-6H,1-3H3;1-4,7,10H,5-6H2;1-5H;3-4H,1-2H3/p-1. The summed E-state index contributed by atoms with van der Waals surface area (Å²) in [6.45, 7) is 18.2. The van der Waals surface area contributed by atoms with Crippen LogP contribution in [0.1, 0.15) is 103 Å². The summed E-state index contributed by atoms with van der Waals surface area (Å²) < 4.78 is 32.9. The minimum atomic E-state index is -4.32. The minimum Gasteiger partial charge on any atom is -0.790 e. The van der Waals surface area contributed by atoms with Crippen LogP contribution in [0.3, 0.4) is 0 Å². The molecule has 0 spiro atoms. The van der Waals surface area contributed by atoms with Crippen molar-refractivity contribution in [1.29, 1.82) is 0 Å². The second-order valence-corrected chi connectivity index (χ2v) is 19.9. The third-order valence-electron chi connectivity index (χ3n) is 9.49. The summed E-state index contributed by atoms with van der Waals surface area (Å²) in [6.07, 6.45) is 1.53. The van der Waals surface area contributed by atoms with Gasteiger partial charge in [-0.1, -0.05) is 88.5 Å². The van der Waals surface area contributed by atoms with Gasteiger partial charge in [-0.2, -0.15) is 0 Å². The molecule has 0 aliphatic carbocycles. The molecule has 6 rings (SSSR count). The first kappa shape index (κ1) is 63.7. The Morgan fingerprint density at radius 2 is 1.06 bits per heavy atom. The number of hydrogen-bond acceptors (Lipinski definition) is 14. The molecule has 0 aliphatic rings. The van der Waals surface area contributed by atoms with Crippen LogP contribution in [0.5, 0.6) is 11.5 Å². The number of hydrogen-bond donors (Lipinski definition) is 4. The first-order chi connectivity index (χ1) is 33.8. The zero-order valence-electron chi connectivity index (χ0n) is 42.5. The molecule has 0 fully saturated rings. The highest BCUT2D eigenvalue weighted by atomic mass is 31.2. The number of carbonyl (C=O) groups excluding carboxylic acids is 4. The number of rotatable bonds is 14. The molecule has 0 aromatic heterocycles. The predicted octanol–water partition coefficient (Wildman–Crippen LogP) is 7.82. The lowest BCUT2D eigenvalue weighted by Crippen LogP contribution is -2.30. The van der Waals surface area contributed by atoms with Crippen molar-refractivity contribution in [3.8, 4) is 11.5 Å². The van der Waals surface area contributed by atoms with E-state index >= 15 is 0 Å². The monoisotopic (exact) mass is 1030 g/mol. The zero-order valence-corrected chi connectivity index (χ0v) is 44.3. The van der Waals surface area contributed by atoms with Gasteiger partial charge < -0.3 is 44.3 Å². The van der Waals surface area contributed by atoms with E-state index < -0.39 is 26.5 Å². The number of carbonyl (C=O) groups is 4. The molecule has 0 amide bonds. The molecule has 4 N–H and O–H groups in total. The molecule has 0 saturated carbocycles. The van der Waals surface area contributed by atoms with Gasteiger partial charge in [-0.3, -0.25) is 19.2 Å². The van der Waals surface area contributed by atoms with Gasteiger partial charge in [-0.15, -0.1) is 0 Å². The van der Waals surface area contributed by atoms with Crippen LogP contribution in [0, 0.1) is 41.5 Å². The van der Waals surface area contributed by atoms with E-state index in [1.165, 1.54) is 31.5 Å². The fraction of sp³-hybridized carbons (Fsp3) is 0.286. The van der Waals surface area contributed by atoms with Crippen LogP contribution < -0.4 is 29.9 Å². The Kier molecular flexibility index (Phi) is 28.9. The van der Waals surface area contributed by atoms with E-state index in [4.69, 9.17) is 24.8 Å². The molecule has 0 saturated heterocycles. The number of aliphatic hydroxyl groups is 4. The van der Waals surface area contributed by atoms with Gasteiger partial charge in [0.25, 0.3) is 0 Å². The first-order valence-corrected chi connectivity index (χ1v) is 25.4. The maximum Gasteiger partial charge on any atom is 0.348 e. The maximum absolute atomic E-state index is 12.4. The number of aliphatic hydroxyl groups excluding tert-OH is 3. The summed E-state index contributed by atoms with van der Waals surface area (Å²) >= 11 is 0. The molecule has 2 atom stereocenters. The van der Waals surface area contributed by atoms with E-state index in [9.17, 15) is 43.2 Å². The third kappa shape index (κ3) is 23.3. The molecule has 0 radical (unpaired) electrons. The highest BCUT2D eigenvalue weighted by Crippen LogP contribution is 2.40. The Morgan fingerprint density at radius 1 is 0.667 bits per heavy atom. The summed E-state index contributed by atoms with van der Waals surface area (Å²) in [5.74, 6) is 0.914. The van der Waals surface area contributed by atoms with E-state index in [0.29, 0.717) is 39.1 Å². The van der Waals surface area contributed by atoms with Crippen molar-refractivity contribution in [3.05, 3.63) is 189 Å². The number of Topliss-reactive ketones (excluding diaryl/α,β-unsaturated/α-hetero) is 1. The number of ether oxygens (including phenoxy) is 2. The minimum absolute atomic E-state index is 0.00453. The number of aldehydes is 2. The molecule has 386 valence electrons. The Bertz CT molecular complexity index is 2610. The second-order valence-electron chi connectivity index (χ2n) is 16.8. The Hall–Kier alpha value is -6.31. The van der Waals surface area contributed by atoms with Gasteiger partial charge in [0, 0.05) is 33.7 Å². The largest absolute Gasteiger partial charge is 0.790 e. The van der Waals surface area contributed by atoms with E-state index in [-0.39, 0.29) is 49.2 Å². The van der Waals surface area contributed by atoms with Crippen LogP contribution in [-0.4, -0.2) is 82.4 Å². The highest BCUT2D eigenvalue weighted by Gasteiger charge is 2.26. The quantitative estimate of drug-likeness (QED) is 0.0462. The van der Waals surface area contributed by atoms with Crippen molar-refractivity contribution in [2.24, 2.45) is 0 Å². The molecular weight excluding hydrogens is 959 g/mol. The molecule has 72 heavy (non-hydrogen) atoms. The molecule has 6 aromatic rings. The lowest BCUT2D eigenvalue weighted by atomic mass is 9.97. The molecule has 6 aromatic carbocycles. The topological polar surface area (TPSA) is 248 Å². The van der Waals surface area contributed by atoms with Crippen LogP contribution in [0.15, 0.2) is 133 Å². The van der Waals surface area contributed by atoms with Gasteiger partial charge in [0.05, 0.1) is 13.2 Å². The molecule has 2 unspecified atom stereocenters. The van der Waals surface area contributed by atoms with Crippen LogP contribution in [0.2, 0.25) is 0 Å². The van der Waals surface area contributed by atoms with Crippen LogP contribution in [-0.2, 0) is 9.13 Å². The van der Waals surface area contributed by atoms with Gasteiger partial charge >= 0.3 is 8.03 Å². The average Bonchev–Trinajstić information content (AvgIpc) is 3.33.